The van der Waals surface area contributed by atoms with Gasteiger partial charge in [0, 0.05) is 141 Å². The number of benzene rings is 9. The number of cyclic esters (lactones) is 3. The first-order chi connectivity index (χ1) is 54.7. The largest absolute Gasteiger partial charge is 1.00 e. The molecule has 3 N–H and O–H groups in total. The third-order valence-electron chi connectivity index (χ3n) is 20.4. The van der Waals surface area contributed by atoms with Gasteiger partial charge in [0.25, 0.3) is 0 Å². The number of carbonyl (C=O) groups is 7. The first-order valence-corrected chi connectivity index (χ1v) is 39.1. The first kappa shape index (κ1) is 93.1. The van der Waals surface area contributed by atoms with Gasteiger partial charge in [0.15, 0.2) is 0 Å². The van der Waals surface area contributed by atoms with Crippen molar-refractivity contribution in [2.75, 3.05) is 51.2 Å². The van der Waals surface area contributed by atoms with Crippen LogP contribution in [0.2, 0.25) is 0 Å². The number of nitrogens with two attached hydrogens (primary N) is 1. The summed E-state index contributed by atoms with van der Waals surface area (Å²) in [5.74, 6) is -6.38. The second-order valence-electron chi connectivity index (χ2n) is 27.8. The molecule has 0 unspecified atom stereocenters. The summed E-state index contributed by atoms with van der Waals surface area (Å²) >= 11 is 2.15. The van der Waals surface area contributed by atoms with E-state index in [9.17, 15) is 73.1 Å². The molecule has 28 heteroatoms. The molecule has 9 aromatic carbocycles. The Kier molecular flexibility index (Phi) is 34.3. The maximum atomic E-state index is 14.2. The maximum absolute atomic E-state index is 14.2. The Hall–Kier alpha value is -10.1. The fourth-order valence-electron chi connectivity index (χ4n) is 13.8. The van der Waals surface area contributed by atoms with Crippen molar-refractivity contribution in [2.24, 2.45) is 5.73 Å². The zero-order chi connectivity index (χ0) is 84.1. The molecule has 3 heterocycles. The number of nitrogens with one attached hydrogen (secondary N) is 1. The van der Waals surface area contributed by atoms with Gasteiger partial charge >= 0.3 is 59.8 Å². The predicted molar refractivity (Wildman–Crippen MR) is 427 cm³/mol. The van der Waals surface area contributed by atoms with E-state index in [0.717, 1.165) is 40.5 Å². The van der Waals surface area contributed by atoms with E-state index in [2.05, 4.69) is 32.6 Å². The van der Waals surface area contributed by atoms with Crippen LogP contribution in [0.5, 0.6) is 0 Å². The number of hydrogen-bond acceptors (Lipinski definition) is 12. The minimum Gasteiger partial charge on any atom is -1.00 e. The summed E-state index contributed by atoms with van der Waals surface area (Å²) < 4.78 is 145. The smallest absolute Gasteiger partial charge is 1.00 e. The van der Waals surface area contributed by atoms with Crippen LogP contribution in [0.25, 0.3) is 33.4 Å². The molecule has 3 aliphatic rings. The Balaban J connectivity index is 0.000000257. The summed E-state index contributed by atoms with van der Waals surface area (Å²) in [7, 11) is 1.68. The Morgan fingerprint density at radius 2 is 0.724 bits per heavy atom. The van der Waals surface area contributed by atoms with Crippen molar-refractivity contribution in [1.82, 2.24) is 24.9 Å². The predicted octanol–water partition coefficient (Wildman–Crippen LogP) is 16.7. The number of carbonyl (C=O) groups excluding carboxylic acids is 7. The minimum absolute atomic E-state index is 0. The topological polar surface area (TPSA) is 207 Å². The van der Waals surface area contributed by atoms with Crippen LogP contribution in [0.3, 0.4) is 0 Å². The molecule has 3 saturated heterocycles. The summed E-state index contributed by atoms with van der Waals surface area (Å²) in [6.07, 6.45) is 1.09. The van der Waals surface area contributed by atoms with Gasteiger partial charge in [-0.15, -0.1) is 0 Å². The first-order valence-electron chi connectivity index (χ1n) is 36.9. The fourth-order valence-corrected chi connectivity index (χ4v) is 13.8. The van der Waals surface area contributed by atoms with Crippen LogP contribution in [-0.4, -0.2) is 113 Å². The molecule has 5 amide bonds. The van der Waals surface area contributed by atoms with Crippen LogP contribution in [0.15, 0.2) is 200 Å². The quantitative estimate of drug-likeness (QED) is 0.0139. The number of esters is 2. The Bertz CT molecular complexity index is 4850. The molecule has 0 saturated carbocycles. The number of halogens is 10. The van der Waals surface area contributed by atoms with Gasteiger partial charge in [-0.3, -0.25) is 19.2 Å². The summed E-state index contributed by atoms with van der Waals surface area (Å²) in [6, 6.07) is 48.4. The van der Waals surface area contributed by atoms with Crippen LogP contribution in [0.4, 0.5) is 53.9 Å². The third-order valence-corrected chi connectivity index (χ3v) is 20.4. The molecule has 0 spiro atoms. The molecule has 3 aliphatic heterocycles. The monoisotopic (exact) mass is 1730 g/mol. The van der Waals surface area contributed by atoms with Crippen molar-refractivity contribution in [3.8, 4) is 33.4 Å². The SMILES string of the molecule is CC(=O)N(C)CC[C@]1(c2ccc(F)cc2)CCN([C@@H](C)c2ccc(-c3ccc(F)cc3F)cc2)C(=O)O1.CC(=O)NCC[C@]1(c2ccc(F)cc2)CCN([C@@H](C)c2ccc(-c3ccc(F)cc3F)cc2)C(=O)O1.CC(=O)OC(C)=O.CI.C[C@@H](c1ccc(-c2ccc(F)cc2F)cc1)N1CC[C@](CCN)(c2ccc(F)cc2)OC1=O.[H-].[Na+]. The van der Waals surface area contributed by atoms with Gasteiger partial charge < -0.3 is 51.0 Å². The average molecular weight is 1730 g/mol. The zero-order valence-electron chi connectivity index (χ0n) is 66.9. The van der Waals surface area contributed by atoms with Crippen LogP contribution in [-0.2, 0) is 54.9 Å². The van der Waals surface area contributed by atoms with E-state index in [1.165, 1.54) is 100 Å². The Labute approximate surface area is 705 Å². The van der Waals surface area contributed by atoms with Crippen molar-refractivity contribution in [3.63, 3.8) is 0 Å². The van der Waals surface area contributed by atoms with E-state index in [1.807, 2.05) is 37.8 Å². The molecule has 9 aromatic rings. The van der Waals surface area contributed by atoms with E-state index in [4.69, 9.17) is 19.9 Å². The summed E-state index contributed by atoms with van der Waals surface area (Å²) in [5.41, 5.74) is 10.2. The van der Waals surface area contributed by atoms with E-state index in [-0.39, 0.29) is 83.7 Å². The fraction of sp³-hybridized carbons (Fsp3) is 0.307. The van der Waals surface area contributed by atoms with E-state index < -0.39 is 87.7 Å². The van der Waals surface area contributed by atoms with Crippen LogP contribution >= 0.6 is 22.6 Å². The Morgan fingerprint density at radius 1 is 0.448 bits per heavy atom. The number of alkyl halides is 1. The number of rotatable bonds is 20. The average Bonchev–Trinajstić information content (AvgIpc) is 0.778. The van der Waals surface area contributed by atoms with Crippen LogP contribution in [0.1, 0.15) is 140 Å². The Morgan fingerprint density at radius 3 is 0.966 bits per heavy atom. The molecular formula is C88H91F9IN6NaO11. The number of amides is 5. The van der Waals surface area contributed by atoms with E-state index in [0.29, 0.717) is 111 Å². The van der Waals surface area contributed by atoms with Crippen LogP contribution in [0, 0.1) is 52.4 Å². The van der Waals surface area contributed by atoms with Crippen molar-refractivity contribution in [2.45, 2.75) is 122 Å². The molecule has 0 radical (unpaired) electrons. The summed E-state index contributed by atoms with van der Waals surface area (Å²) in [5, 5.41) is 2.73. The molecule has 3 fully saturated rings. The molecule has 0 aromatic heterocycles. The molecule has 12 rings (SSSR count). The van der Waals surface area contributed by atoms with Gasteiger partial charge in [-0.25, -0.2) is 53.9 Å². The molecule has 0 bridgehead atoms. The van der Waals surface area contributed by atoms with E-state index >= 15 is 0 Å². The van der Waals surface area contributed by atoms with Gasteiger partial charge in [0.1, 0.15) is 69.2 Å². The third kappa shape index (κ3) is 24.3. The zero-order valence-corrected chi connectivity index (χ0v) is 70.1. The normalized spacial score (nSPS) is 17.6. The van der Waals surface area contributed by atoms with Gasteiger partial charge in [-0.2, -0.15) is 0 Å². The molecule has 610 valence electrons. The molecule has 17 nitrogen and oxygen atoms in total. The standard InChI is InChI=1S/C29H29F3N2O3.C28H27F3N2O3.C26H25F3N2O2.C4H6O3.CH3I.Na.H/c1-19(21-4-6-22(7-5-21)26-13-12-25(31)18-27(26)32)34-17-15-29(37-28(34)36,14-16-33(3)20(2)35)23-8-10-24(30)11-9-23;1-18(20-3-5-21(6-4-20)25-12-11-24(30)17-26(25)31)33-16-14-28(36-27(33)35,13-15-32-19(2)34)22-7-9-23(29)10-8-22;1-17(18-2-4-19(5-3-18)23-11-10-22(28)16-24(23)29)31-15-13-26(12-14-30,33-25(31)32)20-6-8-21(27)9-7-20;1-3(5)7-4(2)6;1-2;;/h4-13,18-19H,14-17H2,1-3H3;3-12,17-18H,13-16H2,1-2H3,(H,32,34);2-11,16-17H,12-15,30H2,1H3;1-2H3;1H3;;/q;;;;;+1;-1/t19-,29+;18-,28+;17-,26+;;;;/m000..../s1. The van der Waals surface area contributed by atoms with Gasteiger partial charge in [-0.05, 0) is 155 Å². The number of nitrogens with zero attached hydrogens (tertiary/aromatic N) is 4. The van der Waals surface area contributed by atoms with Crippen molar-refractivity contribution in [1.29, 1.82) is 0 Å². The summed E-state index contributed by atoms with van der Waals surface area (Å²) in [4.78, 5) is 90.6. The van der Waals surface area contributed by atoms with Crippen molar-refractivity contribution < 1.29 is 123 Å². The molecule has 0 aliphatic carbocycles. The summed E-state index contributed by atoms with van der Waals surface area (Å²) in [6.45, 7) is 13.1. The minimum atomic E-state index is -0.993. The van der Waals surface area contributed by atoms with Gasteiger partial charge in [-0.1, -0.05) is 132 Å². The van der Waals surface area contributed by atoms with Gasteiger partial charge in [0.2, 0.25) is 11.8 Å². The van der Waals surface area contributed by atoms with Crippen molar-refractivity contribution >= 4 is 64.6 Å². The van der Waals surface area contributed by atoms with Gasteiger partial charge in [0.05, 0.1) is 18.1 Å². The second-order valence-corrected chi connectivity index (χ2v) is 27.8. The van der Waals surface area contributed by atoms with Crippen LogP contribution < -0.4 is 40.6 Å². The second kappa shape index (κ2) is 42.7. The number of ether oxygens (including phenoxy) is 4. The molecular weight excluding hydrogens is 1640 g/mol. The molecule has 6 atom stereocenters. The maximum Gasteiger partial charge on any atom is 1.00 e. The van der Waals surface area contributed by atoms with E-state index in [1.54, 1.807) is 124 Å². The van der Waals surface area contributed by atoms with Crippen molar-refractivity contribution in [3.05, 3.63) is 286 Å². The number of hydrogen-bond donors (Lipinski definition) is 2. The molecule has 116 heavy (non-hydrogen) atoms.